The Kier molecular flexibility index (Phi) is 5.50. The molecule has 3 nitrogen and oxygen atoms in total. The topological polar surface area (TPSA) is 30.2 Å². The van der Waals surface area contributed by atoms with Gasteiger partial charge < -0.3 is 4.57 Å². The molecule has 1 fully saturated rings. The van der Waals surface area contributed by atoms with Gasteiger partial charge in [-0.2, -0.15) is 0 Å². The van der Waals surface area contributed by atoms with E-state index in [-0.39, 0.29) is 0 Å². The molecule has 116 valence electrons. The van der Waals surface area contributed by atoms with Gasteiger partial charge in [-0.05, 0) is 45.4 Å². The molecule has 21 heavy (non-hydrogen) atoms. The third-order valence-corrected chi connectivity index (χ3v) is 4.79. The molecule has 1 aliphatic rings. The Bertz CT molecular complexity index is 568. The van der Waals surface area contributed by atoms with Crippen molar-refractivity contribution < 1.29 is 0 Å². The Labute approximate surface area is 137 Å². The summed E-state index contributed by atoms with van der Waals surface area (Å²) in [5.41, 5.74) is 1.86. The number of hydrogen-bond donors (Lipinski definition) is 0. The molecule has 1 heterocycles. The Balaban J connectivity index is 2.48. The lowest BCUT2D eigenvalue weighted by Gasteiger charge is -2.14. The van der Waals surface area contributed by atoms with E-state index in [1.54, 1.807) is 6.92 Å². The van der Waals surface area contributed by atoms with Gasteiger partial charge in [-0.15, -0.1) is 0 Å². The predicted molar refractivity (Wildman–Crippen MR) is 91.6 cm³/mol. The van der Waals surface area contributed by atoms with Crippen LogP contribution in [0.25, 0.3) is 5.03 Å². The van der Waals surface area contributed by atoms with Crippen molar-refractivity contribution in [2.75, 3.05) is 0 Å². The largest absolute Gasteiger partial charge is 0.312 e. The van der Waals surface area contributed by atoms with Gasteiger partial charge in [-0.3, -0.25) is 0 Å². The zero-order valence-electron chi connectivity index (χ0n) is 13.2. The molecule has 0 aliphatic heterocycles. The van der Waals surface area contributed by atoms with Crippen LogP contribution in [-0.4, -0.2) is 14.7 Å². The normalized spacial score (nSPS) is 24.4. The lowest BCUT2D eigenvalue weighted by atomic mass is 10.1. The molecule has 0 spiro atoms. The van der Waals surface area contributed by atoms with Crippen LogP contribution in [0.1, 0.15) is 65.1 Å². The van der Waals surface area contributed by atoms with E-state index in [0.29, 0.717) is 16.2 Å². The fourth-order valence-electron chi connectivity index (χ4n) is 2.82. The maximum absolute atomic E-state index is 6.49. The van der Waals surface area contributed by atoms with Gasteiger partial charge in [0.2, 0.25) is 0 Å². The highest BCUT2D eigenvalue weighted by Gasteiger charge is 2.26. The first-order valence-corrected chi connectivity index (χ1v) is 8.32. The Morgan fingerprint density at radius 3 is 2.62 bits per heavy atom. The monoisotopic (exact) mass is 327 g/mol. The predicted octanol–water partition coefficient (Wildman–Crippen LogP) is 5.91. The number of imidazole rings is 1. The number of aromatic nitrogens is 2. The van der Waals surface area contributed by atoms with Gasteiger partial charge in [0.1, 0.15) is 10.9 Å². The maximum atomic E-state index is 6.49. The SMILES string of the molecule is CC/C(C)=C(/Cl)c1ncn([C@H]2CC[C@@H](C)C2)c1/N=C(\C)Cl. The van der Waals surface area contributed by atoms with Crippen LogP contribution in [-0.2, 0) is 0 Å². The summed E-state index contributed by atoms with van der Waals surface area (Å²) in [6, 6.07) is 0.447. The summed E-state index contributed by atoms with van der Waals surface area (Å²) in [5.74, 6) is 1.54. The van der Waals surface area contributed by atoms with Crippen LogP contribution in [0.4, 0.5) is 5.82 Å². The van der Waals surface area contributed by atoms with Gasteiger partial charge in [-0.1, -0.05) is 42.6 Å². The van der Waals surface area contributed by atoms with Crippen molar-refractivity contribution in [1.82, 2.24) is 9.55 Å². The number of rotatable bonds is 4. The molecule has 0 aromatic carbocycles. The summed E-state index contributed by atoms with van der Waals surface area (Å²) in [6.45, 7) is 8.19. The van der Waals surface area contributed by atoms with E-state index >= 15 is 0 Å². The first-order chi connectivity index (χ1) is 9.93. The minimum atomic E-state index is 0.447. The van der Waals surface area contributed by atoms with Gasteiger partial charge in [0, 0.05) is 6.04 Å². The van der Waals surface area contributed by atoms with E-state index < -0.39 is 0 Å². The van der Waals surface area contributed by atoms with Crippen LogP contribution in [0.2, 0.25) is 0 Å². The summed E-state index contributed by atoms with van der Waals surface area (Å²) in [4.78, 5) is 9.01. The fraction of sp³-hybridized carbons (Fsp3) is 0.625. The molecule has 1 saturated carbocycles. The first kappa shape index (κ1) is 16.6. The molecule has 0 radical (unpaired) electrons. The average Bonchev–Trinajstić information content (AvgIpc) is 3.02. The van der Waals surface area contributed by atoms with Crippen molar-refractivity contribution in [3.63, 3.8) is 0 Å². The first-order valence-electron chi connectivity index (χ1n) is 7.57. The van der Waals surface area contributed by atoms with E-state index in [1.807, 2.05) is 13.3 Å². The number of allylic oxidation sites excluding steroid dienone is 1. The van der Waals surface area contributed by atoms with E-state index in [0.717, 1.165) is 42.3 Å². The minimum absolute atomic E-state index is 0.447. The summed E-state index contributed by atoms with van der Waals surface area (Å²) < 4.78 is 2.15. The lowest BCUT2D eigenvalue weighted by Crippen LogP contribution is -2.04. The standard InChI is InChI=1S/C16H23Cl2N3/c1-5-11(3)14(18)15-16(20-12(4)17)21(9-19-15)13-7-6-10(2)8-13/h9-10,13H,5-8H2,1-4H3/b14-11+,20-12+/t10-,13+/m1/s1. The number of aliphatic imine (C=N–C) groups is 1. The molecule has 2 rings (SSSR count). The summed E-state index contributed by atoms with van der Waals surface area (Å²) >= 11 is 12.5. The molecular weight excluding hydrogens is 305 g/mol. The molecule has 1 aromatic rings. The van der Waals surface area contributed by atoms with E-state index in [9.17, 15) is 0 Å². The third-order valence-electron chi connectivity index (χ3n) is 4.20. The summed E-state index contributed by atoms with van der Waals surface area (Å²) in [5, 5.41) is 1.20. The van der Waals surface area contributed by atoms with Gasteiger partial charge in [0.05, 0.1) is 11.4 Å². The van der Waals surface area contributed by atoms with Crippen molar-refractivity contribution in [2.24, 2.45) is 10.9 Å². The molecule has 1 aliphatic carbocycles. The van der Waals surface area contributed by atoms with Gasteiger partial charge in [-0.25, -0.2) is 9.98 Å². The van der Waals surface area contributed by atoms with E-state index in [2.05, 4.69) is 28.4 Å². The highest BCUT2D eigenvalue weighted by molar-refractivity contribution is 6.65. The van der Waals surface area contributed by atoms with Crippen molar-refractivity contribution in [1.29, 1.82) is 0 Å². The number of hydrogen-bond acceptors (Lipinski definition) is 2. The van der Waals surface area contributed by atoms with Crippen LogP contribution in [0.5, 0.6) is 0 Å². The highest BCUT2D eigenvalue weighted by atomic mass is 35.5. The van der Waals surface area contributed by atoms with Crippen molar-refractivity contribution >= 4 is 39.2 Å². The summed E-state index contributed by atoms with van der Waals surface area (Å²) in [6.07, 6.45) is 6.33. The summed E-state index contributed by atoms with van der Waals surface area (Å²) in [7, 11) is 0. The van der Waals surface area contributed by atoms with Gasteiger partial charge in [0.25, 0.3) is 0 Å². The zero-order valence-corrected chi connectivity index (χ0v) is 14.7. The number of nitrogens with zero attached hydrogens (tertiary/aromatic N) is 3. The van der Waals surface area contributed by atoms with Crippen LogP contribution in [0.15, 0.2) is 16.9 Å². The van der Waals surface area contributed by atoms with Crippen LogP contribution < -0.4 is 0 Å². The van der Waals surface area contributed by atoms with Crippen LogP contribution in [0.3, 0.4) is 0 Å². The smallest absolute Gasteiger partial charge is 0.162 e. The second-order valence-electron chi connectivity index (χ2n) is 5.95. The van der Waals surface area contributed by atoms with Crippen molar-refractivity contribution in [3.05, 3.63) is 17.6 Å². The van der Waals surface area contributed by atoms with Crippen LogP contribution >= 0.6 is 23.2 Å². The molecule has 0 unspecified atom stereocenters. The Morgan fingerprint density at radius 2 is 2.10 bits per heavy atom. The molecule has 2 atom stereocenters. The molecule has 0 saturated heterocycles. The van der Waals surface area contributed by atoms with Crippen molar-refractivity contribution in [3.8, 4) is 0 Å². The van der Waals surface area contributed by atoms with Gasteiger partial charge in [0.15, 0.2) is 5.82 Å². The molecular formula is C16H23Cl2N3. The highest BCUT2D eigenvalue weighted by Crippen LogP contribution is 2.40. The van der Waals surface area contributed by atoms with Crippen molar-refractivity contribution in [2.45, 2.75) is 59.4 Å². The Hall–Kier alpha value is -0.800. The molecule has 0 N–H and O–H groups in total. The molecule has 0 amide bonds. The second kappa shape index (κ2) is 6.97. The van der Waals surface area contributed by atoms with Gasteiger partial charge >= 0.3 is 0 Å². The second-order valence-corrected chi connectivity index (χ2v) is 6.88. The zero-order chi connectivity index (χ0) is 15.6. The minimum Gasteiger partial charge on any atom is -0.312 e. The molecule has 0 bridgehead atoms. The van der Waals surface area contributed by atoms with E-state index in [4.69, 9.17) is 23.2 Å². The maximum Gasteiger partial charge on any atom is 0.162 e. The third kappa shape index (κ3) is 3.70. The quantitative estimate of drug-likeness (QED) is 0.632. The lowest BCUT2D eigenvalue weighted by molar-refractivity contribution is 0.496. The average molecular weight is 328 g/mol. The molecule has 5 heteroatoms. The molecule has 1 aromatic heterocycles. The van der Waals surface area contributed by atoms with E-state index in [1.165, 1.54) is 6.42 Å². The van der Waals surface area contributed by atoms with Crippen LogP contribution in [0, 0.1) is 5.92 Å². The Morgan fingerprint density at radius 1 is 1.38 bits per heavy atom. The number of halogens is 2. The fourth-order valence-corrected chi connectivity index (χ4v) is 3.17.